The Bertz CT molecular complexity index is 504. The van der Waals surface area contributed by atoms with E-state index >= 15 is 0 Å². The molecule has 1 aromatic carbocycles. The minimum atomic E-state index is -4.49. The summed E-state index contributed by atoms with van der Waals surface area (Å²) in [7, 11) is 0. The van der Waals surface area contributed by atoms with E-state index in [0.29, 0.717) is 12.0 Å². The molecule has 0 spiro atoms. The highest BCUT2D eigenvalue weighted by Crippen LogP contribution is 2.40. The van der Waals surface area contributed by atoms with E-state index in [1.54, 1.807) is 0 Å². The van der Waals surface area contributed by atoms with E-state index in [0.717, 1.165) is 6.07 Å². The van der Waals surface area contributed by atoms with Crippen molar-refractivity contribution in [1.29, 1.82) is 0 Å². The molecule has 0 bridgehead atoms. The van der Waals surface area contributed by atoms with E-state index in [9.17, 15) is 22.4 Å². The molecule has 96 valence electrons. The summed E-state index contributed by atoms with van der Waals surface area (Å²) in [6.45, 7) is 0. The van der Waals surface area contributed by atoms with Crippen LogP contribution in [0.15, 0.2) is 30.4 Å². The first-order valence-electron chi connectivity index (χ1n) is 5.36. The monoisotopic (exact) mass is 258 g/mol. The molecule has 0 aliphatic heterocycles. The fourth-order valence-corrected chi connectivity index (χ4v) is 2.28. The van der Waals surface area contributed by atoms with Gasteiger partial charge in [-0.15, -0.1) is 0 Å². The van der Waals surface area contributed by atoms with E-state index in [1.165, 1.54) is 24.3 Å². The Morgan fingerprint density at radius 3 is 2.67 bits per heavy atom. The summed E-state index contributed by atoms with van der Waals surface area (Å²) in [6.07, 6.45) is -2.42. The van der Waals surface area contributed by atoms with Crippen LogP contribution in [0, 0.1) is 5.82 Å². The van der Waals surface area contributed by atoms with Crippen LogP contribution in [-0.2, 0) is 16.6 Å². The Balaban J connectivity index is 2.55. The number of carbonyl (C=O) groups excluding carboxylic acids is 1. The number of rotatable bonds is 2. The molecule has 1 atom stereocenters. The molecule has 1 aliphatic rings. The number of benzene rings is 1. The highest BCUT2D eigenvalue weighted by molar-refractivity contribution is 5.74. The van der Waals surface area contributed by atoms with Gasteiger partial charge in [0.25, 0.3) is 0 Å². The second kappa shape index (κ2) is 4.23. The zero-order valence-electron chi connectivity index (χ0n) is 9.30. The number of halogens is 4. The van der Waals surface area contributed by atoms with Crippen LogP contribution in [0.5, 0.6) is 0 Å². The van der Waals surface area contributed by atoms with Crippen LogP contribution < -0.4 is 0 Å². The third-order valence-electron chi connectivity index (χ3n) is 3.03. The SMILES string of the molecule is O=CC1(CC(F)(F)F)C=CCc2ccc(F)cc21. The molecule has 1 nitrogen and oxygen atoms in total. The van der Waals surface area contributed by atoms with Gasteiger partial charge in [-0.1, -0.05) is 18.2 Å². The third kappa shape index (κ3) is 2.30. The van der Waals surface area contributed by atoms with E-state index in [-0.39, 0.29) is 11.8 Å². The van der Waals surface area contributed by atoms with Gasteiger partial charge in [-0.3, -0.25) is 0 Å². The van der Waals surface area contributed by atoms with Gasteiger partial charge in [0.05, 0.1) is 11.8 Å². The fourth-order valence-electron chi connectivity index (χ4n) is 2.28. The second-order valence-corrected chi connectivity index (χ2v) is 4.36. The van der Waals surface area contributed by atoms with Crippen molar-refractivity contribution in [2.24, 2.45) is 0 Å². The van der Waals surface area contributed by atoms with Gasteiger partial charge < -0.3 is 4.79 Å². The normalized spacial score (nSPS) is 22.7. The molecule has 0 fully saturated rings. The Kier molecular flexibility index (Phi) is 3.00. The topological polar surface area (TPSA) is 17.1 Å². The molecular weight excluding hydrogens is 248 g/mol. The van der Waals surface area contributed by atoms with Gasteiger partial charge in [-0.25, -0.2) is 4.39 Å². The van der Waals surface area contributed by atoms with Crippen LogP contribution in [0.25, 0.3) is 0 Å². The molecule has 0 saturated heterocycles. The molecular formula is C13H10F4O. The summed E-state index contributed by atoms with van der Waals surface area (Å²) in [5.41, 5.74) is -1.14. The predicted octanol–water partition coefficient (Wildman–Crippen LogP) is 3.33. The average Bonchev–Trinajstić information content (AvgIpc) is 2.28. The molecule has 0 aromatic heterocycles. The molecule has 0 heterocycles. The second-order valence-electron chi connectivity index (χ2n) is 4.36. The molecule has 5 heteroatoms. The lowest BCUT2D eigenvalue weighted by Crippen LogP contribution is -2.34. The first kappa shape index (κ1) is 12.8. The Labute approximate surface area is 101 Å². The van der Waals surface area contributed by atoms with Gasteiger partial charge in [0.1, 0.15) is 12.1 Å². The molecule has 18 heavy (non-hydrogen) atoms. The summed E-state index contributed by atoms with van der Waals surface area (Å²) >= 11 is 0. The van der Waals surface area contributed by atoms with Crippen LogP contribution >= 0.6 is 0 Å². The molecule has 1 aliphatic carbocycles. The summed E-state index contributed by atoms with van der Waals surface area (Å²) < 4.78 is 50.9. The molecule has 2 rings (SSSR count). The lowest BCUT2D eigenvalue weighted by Gasteiger charge is -2.31. The summed E-state index contributed by atoms with van der Waals surface area (Å²) in [4.78, 5) is 11.2. The van der Waals surface area contributed by atoms with Crippen LogP contribution in [0.4, 0.5) is 17.6 Å². The smallest absolute Gasteiger partial charge is 0.302 e. The van der Waals surface area contributed by atoms with Crippen molar-refractivity contribution in [1.82, 2.24) is 0 Å². The van der Waals surface area contributed by atoms with Crippen molar-refractivity contribution >= 4 is 6.29 Å². The molecule has 1 aromatic rings. The van der Waals surface area contributed by atoms with Crippen molar-refractivity contribution in [2.45, 2.75) is 24.4 Å². The van der Waals surface area contributed by atoms with Crippen LogP contribution in [0.1, 0.15) is 17.5 Å². The van der Waals surface area contributed by atoms with E-state index < -0.39 is 23.8 Å². The Morgan fingerprint density at radius 1 is 1.33 bits per heavy atom. The van der Waals surface area contributed by atoms with E-state index in [2.05, 4.69) is 0 Å². The number of carbonyl (C=O) groups is 1. The predicted molar refractivity (Wildman–Crippen MR) is 57.7 cm³/mol. The number of fused-ring (bicyclic) bond motifs is 1. The third-order valence-corrected chi connectivity index (χ3v) is 3.03. The summed E-state index contributed by atoms with van der Waals surface area (Å²) in [6, 6.07) is 3.61. The Hall–Kier alpha value is -1.65. The van der Waals surface area contributed by atoms with Gasteiger partial charge in [0.2, 0.25) is 0 Å². The molecule has 0 amide bonds. The van der Waals surface area contributed by atoms with Crippen LogP contribution in [-0.4, -0.2) is 12.5 Å². The number of allylic oxidation sites excluding steroid dienone is 2. The summed E-state index contributed by atoms with van der Waals surface area (Å²) in [5, 5.41) is 0. The minimum Gasteiger partial charge on any atom is -0.302 e. The first-order chi connectivity index (χ1) is 8.36. The largest absolute Gasteiger partial charge is 0.390 e. The average molecular weight is 258 g/mol. The van der Waals surface area contributed by atoms with Crippen molar-refractivity contribution < 1.29 is 22.4 Å². The van der Waals surface area contributed by atoms with Crippen molar-refractivity contribution in [3.05, 3.63) is 47.3 Å². The zero-order chi connectivity index (χ0) is 13.4. The van der Waals surface area contributed by atoms with Gasteiger partial charge in [0.15, 0.2) is 0 Å². The van der Waals surface area contributed by atoms with Crippen molar-refractivity contribution in [2.75, 3.05) is 0 Å². The van der Waals surface area contributed by atoms with Gasteiger partial charge in [-0.05, 0) is 29.7 Å². The lowest BCUT2D eigenvalue weighted by atomic mass is 9.73. The van der Waals surface area contributed by atoms with E-state index in [1.807, 2.05) is 0 Å². The first-order valence-corrected chi connectivity index (χ1v) is 5.36. The maximum absolute atomic E-state index is 13.2. The fraction of sp³-hybridized carbons (Fsp3) is 0.308. The van der Waals surface area contributed by atoms with E-state index in [4.69, 9.17) is 0 Å². The maximum Gasteiger partial charge on any atom is 0.390 e. The molecule has 0 saturated carbocycles. The maximum atomic E-state index is 13.2. The standard InChI is InChI=1S/C13H10F4O/c14-10-4-3-9-2-1-5-12(8-18,11(9)6-10)7-13(15,16)17/h1,3-6,8H,2,7H2. The van der Waals surface area contributed by atoms with Gasteiger partial charge >= 0.3 is 6.18 Å². The van der Waals surface area contributed by atoms with Crippen molar-refractivity contribution in [3.8, 4) is 0 Å². The number of hydrogen-bond acceptors (Lipinski definition) is 1. The molecule has 1 unspecified atom stereocenters. The molecule has 0 N–H and O–H groups in total. The highest BCUT2D eigenvalue weighted by atomic mass is 19.4. The number of aldehydes is 1. The quantitative estimate of drug-likeness (QED) is 0.452. The highest BCUT2D eigenvalue weighted by Gasteiger charge is 2.44. The number of hydrogen-bond donors (Lipinski definition) is 0. The molecule has 0 radical (unpaired) electrons. The minimum absolute atomic E-state index is 0.109. The Morgan fingerprint density at radius 2 is 2.06 bits per heavy atom. The summed E-state index contributed by atoms with van der Waals surface area (Å²) in [5.74, 6) is -0.641. The van der Waals surface area contributed by atoms with Gasteiger partial charge in [0, 0.05) is 0 Å². The number of alkyl halides is 3. The lowest BCUT2D eigenvalue weighted by molar-refractivity contribution is -0.149. The van der Waals surface area contributed by atoms with Crippen LogP contribution in [0.2, 0.25) is 0 Å². The zero-order valence-corrected chi connectivity index (χ0v) is 9.30. The van der Waals surface area contributed by atoms with Crippen LogP contribution in [0.3, 0.4) is 0 Å². The van der Waals surface area contributed by atoms with Gasteiger partial charge in [-0.2, -0.15) is 13.2 Å². The van der Waals surface area contributed by atoms with Crippen molar-refractivity contribution in [3.63, 3.8) is 0 Å².